The number of benzene rings is 1. The van der Waals surface area contributed by atoms with Gasteiger partial charge in [0.2, 0.25) is 5.91 Å². The molecular weight excluding hydrogens is 290 g/mol. The summed E-state index contributed by atoms with van der Waals surface area (Å²) in [6.07, 6.45) is 5.20. The Kier molecular flexibility index (Phi) is 3.12. The zero-order valence-electron chi connectivity index (χ0n) is 13.3. The van der Waals surface area contributed by atoms with Gasteiger partial charge in [-0.25, -0.2) is 0 Å². The minimum absolute atomic E-state index is 0.0249. The lowest BCUT2D eigenvalue weighted by molar-refractivity contribution is -0.152. The predicted molar refractivity (Wildman–Crippen MR) is 86.9 cm³/mol. The van der Waals surface area contributed by atoms with Crippen LogP contribution in [0.2, 0.25) is 0 Å². The Hall–Kier alpha value is -2.10. The van der Waals surface area contributed by atoms with Gasteiger partial charge in [-0.15, -0.1) is 0 Å². The van der Waals surface area contributed by atoms with Gasteiger partial charge < -0.3 is 10.4 Å². The lowest BCUT2D eigenvalue weighted by Crippen LogP contribution is -2.48. The van der Waals surface area contributed by atoms with Crippen molar-refractivity contribution >= 4 is 17.6 Å². The second kappa shape index (κ2) is 4.95. The minimum Gasteiger partial charge on any atom is -0.481 e. The molecule has 0 radical (unpaired) electrons. The smallest absolute Gasteiger partial charge is 0.307 e. The standard InChI is InChI=1S/C19H21NO3/c1-9-4-3-5-15(10(9)2)20-18(21)16-11-6-7-12(14-8-13(11)14)17(16)19(22)23/h3-7,11-14,16-17H,8H2,1-2H3,(H,20,21)(H,22,23)/t11-,12+,13+,14+,16+,17-/m0/s1. The number of carbonyl (C=O) groups is 2. The summed E-state index contributed by atoms with van der Waals surface area (Å²) < 4.78 is 0. The zero-order chi connectivity index (χ0) is 16.3. The molecule has 4 aliphatic carbocycles. The van der Waals surface area contributed by atoms with Gasteiger partial charge in [0.1, 0.15) is 0 Å². The van der Waals surface area contributed by atoms with Crippen molar-refractivity contribution in [2.75, 3.05) is 5.32 Å². The third-order valence-electron chi connectivity index (χ3n) is 6.10. The van der Waals surface area contributed by atoms with Crippen LogP contribution in [0.3, 0.4) is 0 Å². The Labute approximate surface area is 135 Å². The molecule has 2 N–H and O–H groups in total. The van der Waals surface area contributed by atoms with Crippen LogP contribution in [-0.4, -0.2) is 17.0 Å². The normalized spacial score (nSPS) is 36.4. The Balaban J connectivity index is 1.63. The molecule has 120 valence electrons. The number of aliphatic carboxylic acids is 1. The average molecular weight is 311 g/mol. The van der Waals surface area contributed by atoms with Crippen LogP contribution in [-0.2, 0) is 9.59 Å². The van der Waals surface area contributed by atoms with Crippen molar-refractivity contribution in [2.45, 2.75) is 20.3 Å². The molecular formula is C19H21NO3. The molecule has 0 heterocycles. The number of rotatable bonds is 3. The number of hydrogen-bond donors (Lipinski definition) is 2. The molecule has 1 aromatic carbocycles. The van der Waals surface area contributed by atoms with Crippen molar-refractivity contribution in [3.8, 4) is 0 Å². The maximum Gasteiger partial charge on any atom is 0.307 e. The summed E-state index contributed by atoms with van der Waals surface area (Å²) in [5.74, 6) is -0.921. The van der Waals surface area contributed by atoms with Crippen molar-refractivity contribution in [3.63, 3.8) is 0 Å². The number of carboxylic acids is 1. The fourth-order valence-corrected chi connectivity index (χ4v) is 4.67. The van der Waals surface area contributed by atoms with Crippen LogP contribution in [0.1, 0.15) is 17.5 Å². The summed E-state index contributed by atoms with van der Waals surface area (Å²) in [6, 6.07) is 5.80. The molecule has 0 aromatic heterocycles. The summed E-state index contributed by atoms with van der Waals surface area (Å²) in [5, 5.41) is 12.7. The van der Waals surface area contributed by atoms with Crippen molar-refractivity contribution in [1.82, 2.24) is 0 Å². The number of hydrogen-bond acceptors (Lipinski definition) is 2. The summed E-state index contributed by atoms with van der Waals surface area (Å²) >= 11 is 0. The Morgan fingerprint density at radius 2 is 1.74 bits per heavy atom. The fraction of sp³-hybridized carbons (Fsp3) is 0.474. The van der Waals surface area contributed by atoms with E-state index in [4.69, 9.17) is 0 Å². The Morgan fingerprint density at radius 1 is 1.09 bits per heavy atom. The van der Waals surface area contributed by atoms with Crippen molar-refractivity contribution in [2.24, 2.45) is 35.5 Å². The molecule has 4 nitrogen and oxygen atoms in total. The van der Waals surface area contributed by atoms with Gasteiger partial charge in [0.05, 0.1) is 11.8 Å². The summed E-state index contributed by atoms with van der Waals surface area (Å²) in [4.78, 5) is 24.7. The first-order valence-corrected chi connectivity index (χ1v) is 8.27. The monoisotopic (exact) mass is 311 g/mol. The maximum atomic E-state index is 12.9. The summed E-state index contributed by atoms with van der Waals surface area (Å²) in [5.41, 5.74) is 2.94. The fourth-order valence-electron chi connectivity index (χ4n) is 4.67. The van der Waals surface area contributed by atoms with E-state index < -0.39 is 17.8 Å². The Bertz CT molecular complexity index is 723. The highest BCUT2D eigenvalue weighted by Crippen LogP contribution is 2.63. The number of aryl methyl sites for hydroxylation is 1. The van der Waals surface area contributed by atoms with E-state index in [0.29, 0.717) is 11.8 Å². The molecule has 0 aliphatic heterocycles. The molecule has 4 heteroatoms. The maximum absolute atomic E-state index is 12.9. The number of nitrogens with one attached hydrogen (secondary N) is 1. The van der Waals surface area contributed by atoms with E-state index in [1.54, 1.807) is 0 Å². The number of carbonyl (C=O) groups excluding carboxylic acids is 1. The highest BCUT2D eigenvalue weighted by molar-refractivity contribution is 5.96. The van der Waals surface area contributed by atoms with Gasteiger partial charge in [0.15, 0.2) is 0 Å². The third-order valence-corrected chi connectivity index (χ3v) is 6.10. The van der Waals surface area contributed by atoms with Gasteiger partial charge in [-0.2, -0.15) is 0 Å². The van der Waals surface area contributed by atoms with Crippen LogP contribution < -0.4 is 5.32 Å². The Morgan fingerprint density at radius 3 is 2.39 bits per heavy atom. The van der Waals surface area contributed by atoms with Crippen LogP contribution in [0.15, 0.2) is 30.4 Å². The molecule has 6 atom stereocenters. The molecule has 2 saturated carbocycles. The number of anilines is 1. The van der Waals surface area contributed by atoms with E-state index in [0.717, 1.165) is 23.2 Å². The molecule has 0 saturated heterocycles. The van der Waals surface area contributed by atoms with Crippen molar-refractivity contribution in [3.05, 3.63) is 41.5 Å². The van der Waals surface area contributed by atoms with Crippen LogP contribution in [0, 0.1) is 49.4 Å². The second-order valence-electron chi connectivity index (χ2n) is 7.23. The van der Waals surface area contributed by atoms with Crippen LogP contribution in [0.4, 0.5) is 5.69 Å². The van der Waals surface area contributed by atoms with Crippen LogP contribution >= 0.6 is 0 Å². The van der Waals surface area contributed by atoms with Crippen molar-refractivity contribution in [1.29, 1.82) is 0 Å². The molecule has 0 unspecified atom stereocenters. The van der Waals surface area contributed by atoms with E-state index in [1.165, 1.54) is 0 Å². The topological polar surface area (TPSA) is 66.4 Å². The molecule has 1 amide bonds. The minimum atomic E-state index is -0.837. The van der Waals surface area contributed by atoms with E-state index in [2.05, 4.69) is 11.4 Å². The van der Waals surface area contributed by atoms with Crippen LogP contribution in [0.25, 0.3) is 0 Å². The first-order chi connectivity index (χ1) is 11.0. The number of fused-ring (bicyclic) bond motifs is 1. The average Bonchev–Trinajstić information content (AvgIpc) is 3.33. The molecule has 23 heavy (non-hydrogen) atoms. The quantitative estimate of drug-likeness (QED) is 0.843. The third kappa shape index (κ3) is 2.12. The number of carboxylic acid groups (broad SMARTS) is 1. The largest absolute Gasteiger partial charge is 0.481 e. The zero-order valence-corrected chi connectivity index (χ0v) is 13.3. The lowest BCUT2D eigenvalue weighted by atomic mass is 9.62. The SMILES string of the molecule is Cc1cccc(NC(=O)[C@@H]2[C@H]3C=C[C@H]([C@H]4C[C@H]34)[C@@H]2C(=O)O)c1C. The summed E-state index contributed by atoms with van der Waals surface area (Å²) in [7, 11) is 0. The van der Waals surface area contributed by atoms with Crippen molar-refractivity contribution < 1.29 is 14.7 Å². The molecule has 1 aromatic rings. The van der Waals surface area contributed by atoms with E-state index in [-0.39, 0.29) is 17.7 Å². The first kappa shape index (κ1) is 14.5. The molecule has 0 spiro atoms. The molecule has 2 bridgehead atoms. The number of allylic oxidation sites excluding steroid dienone is 2. The first-order valence-electron chi connectivity index (χ1n) is 8.27. The van der Waals surface area contributed by atoms with E-state index in [1.807, 2.05) is 38.1 Å². The predicted octanol–water partition coefficient (Wildman–Crippen LogP) is 3.01. The van der Waals surface area contributed by atoms with Gasteiger partial charge in [-0.1, -0.05) is 24.3 Å². The summed E-state index contributed by atoms with van der Waals surface area (Å²) in [6.45, 7) is 3.98. The number of amides is 1. The van der Waals surface area contributed by atoms with E-state index >= 15 is 0 Å². The molecule has 5 rings (SSSR count). The highest BCUT2D eigenvalue weighted by Gasteiger charge is 2.62. The lowest BCUT2D eigenvalue weighted by Gasteiger charge is -2.41. The van der Waals surface area contributed by atoms with Gasteiger partial charge >= 0.3 is 5.97 Å². The van der Waals surface area contributed by atoms with Gasteiger partial charge in [-0.05, 0) is 61.1 Å². The van der Waals surface area contributed by atoms with Gasteiger partial charge in [-0.3, -0.25) is 9.59 Å². The van der Waals surface area contributed by atoms with Gasteiger partial charge in [0.25, 0.3) is 0 Å². The van der Waals surface area contributed by atoms with E-state index in [9.17, 15) is 14.7 Å². The highest BCUT2D eigenvalue weighted by atomic mass is 16.4. The van der Waals surface area contributed by atoms with Gasteiger partial charge in [0, 0.05) is 5.69 Å². The molecule has 2 fully saturated rings. The second-order valence-corrected chi connectivity index (χ2v) is 7.23. The van der Waals surface area contributed by atoms with Crippen LogP contribution in [0.5, 0.6) is 0 Å². The molecule has 4 aliphatic rings.